The lowest BCUT2D eigenvalue weighted by molar-refractivity contribution is 0.293. The molecule has 1 aliphatic rings. The standard InChI is InChI=1S/C8H16N2O3S/c1-9-5-6-10(8-9)4-2-3-7-14(11,12)13/h5-6H,2-4,7-8H2,1H3,(H,11,12,13). The lowest BCUT2D eigenvalue weighted by atomic mass is 10.3. The quantitative estimate of drug-likeness (QED) is 0.534. The van der Waals surface area contributed by atoms with Crippen LogP contribution >= 0.6 is 0 Å². The second-order valence-electron chi connectivity index (χ2n) is 3.50. The van der Waals surface area contributed by atoms with Crippen molar-refractivity contribution >= 4 is 10.1 Å². The van der Waals surface area contributed by atoms with Crippen LogP contribution in [-0.2, 0) is 10.1 Å². The summed E-state index contributed by atoms with van der Waals surface area (Å²) in [5, 5.41) is 0. The van der Waals surface area contributed by atoms with E-state index in [2.05, 4.69) is 4.90 Å². The molecule has 1 heterocycles. The minimum atomic E-state index is -3.78. The lowest BCUT2D eigenvalue weighted by Gasteiger charge is -2.17. The van der Waals surface area contributed by atoms with Gasteiger partial charge in [-0.2, -0.15) is 8.42 Å². The van der Waals surface area contributed by atoms with Crippen molar-refractivity contribution in [3.63, 3.8) is 0 Å². The van der Waals surface area contributed by atoms with Crippen LogP contribution in [0.15, 0.2) is 12.4 Å². The second-order valence-corrected chi connectivity index (χ2v) is 5.07. The number of nitrogens with zero attached hydrogens (tertiary/aromatic N) is 2. The summed E-state index contributed by atoms with van der Waals surface area (Å²) in [6, 6.07) is 0. The molecule has 6 heteroatoms. The molecule has 0 fully saturated rings. The summed E-state index contributed by atoms with van der Waals surface area (Å²) < 4.78 is 29.3. The van der Waals surface area contributed by atoms with Crippen molar-refractivity contribution in [3.05, 3.63) is 12.4 Å². The maximum atomic E-state index is 10.4. The smallest absolute Gasteiger partial charge is 0.264 e. The third kappa shape index (κ3) is 4.48. The van der Waals surface area contributed by atoms with Crippen molar-refractivity contribution in [2.45, 2.75) is 12.8 Å². The number of unbranched alkanes of at least 4 members (excludes halogenated alkanes) is 1. The Labute approximate surface area is 84.7 Å². The van der Waals surface area contributed by atoms with Crippen molar-refractivity contribution in [2.24, 2.45) is 0 Å². The zero-order chi connectivity index (χ0) is 10.6. The Balaban J connectivity index is 2.08. The normalized spacial score (nSPS) is 16.7. The molecule has 0 aliphatic carbocycles. The first-order valence-electron chi connectivity index (χ1n) is 4.55. The summed E-state index contributed by atoms with van der Waals surface area (Å²) in [6.45, 7) is 1.68. The molecule has 14 heavy (non-hydrogen) atoms. The van der Waals surface area contributed by atoms with Crippen molar-refractivity contribution in [2.75, 3.05) is 26.0 Å². The zero-order valence-electron chi connectivity index (χ0n) is 8.26. The van der Waals surface area contributed by atoms with Crippen LogP contribution in [0.2, 0.25) is 0 Å². The fraction of sp³-hybridized carbons (Fsp3) is 0.750. The molecule has 1 N–H and O–H groups in total. The van der Waals surface area contributed by atoms with Gasteiger partial charge in [-0.25, -0.2) is 0 Å². The van der Waals surface area contributed by atoms with Gasteiger partial charge in [0.1, 0.15) is 0 Å². The van der Waals surface area contributed by atoms with Crippen LogP contribution in [0.5, 0.6) is 0 Å². The molecular weight excluding hydrogens is 204 g/mol. The summed E-state index contributed by atoms with van der Waals surface area (Å²) in [5.74, 6) is -0.138. The maximum Gasteiger partial charge on any atom is 0.264 e. The Hall–Kier alpha value is -0.750. The molecule has 1 aliphatic heterocycles. The molecule has 0 aromatic carbocycles. The SMILES string of the molecule is CN1C=CN(CCCCS(=O)(=O)O)C1. The fourth-order valence-corrected chi connectivity index (χ4v) is 1.90. The molecule has 0 atom stereocenters. The van der Waals surface area contributed by atoms with Crippen molar-refractivity contribution in [1.82, 2.24) is 9.80 Å². The van der Waals surface area contributed by atoms with Gasteiger partial charge in [-0.05, 0) is 12.8 Å². The molecule has 5 nitrogen and oxygen atoms in total. The van der Waals surface area contributed by atoms with E-state index in [1.54, 1.807) is 0 Å². The van der Waals surface area contributed by atoms with Gasteiger partial charge in [0.15, 0.2) is 0 Å². The highest BCUT2D eigenvalue weighted by molar-refractivity contribution is 7.85. The third-order valence-corrected chi connectivity index (χ3v) is 2.84. The van der Waals surface area contributed by atoms with Crippen LogP contribution in [0, 0.1) is 0 Å². The van der Waals surface area contributed by atoms with E-state index in [1.165, 1.54) is 0 Å². The van der Waals surface area contributed by atoms with Gasteiger partial charge < -0.3 is 9.80 Å². The minimum Gasteiger partial charge on any atom is -0.362 e. The predicted molar refractivity (Wildman–Crippen MR) is 54.1 cm³/mol. The third-order valence-electron chi connectivity index (χ3n) is 2.03. The molecule has 0 radical (unpaired) electrons. The topological polar surface area (TPSA) is 60.9 Å². The predicted octanol–water partition coefficient (Wildman–Crippen LogP) is 0.330. The maximum absolute atomic E-state index is 10.4. The molecule has 0 saturated heterocycles. The highest BCUT2D eigenvalue weighted by Crippen LogP contribution is 2.05. The fourth-order valence-electron chi connectivity index (χ4n) is 1.33. The second kappa shape index (κ2) is 4.65. The Morgan fingerprint density at radius 1 is 1.36 bits per heavy atom. The van der Waals surface area contributed by atoms with Crippen molar-refractivity contribution < 1.29 is 13.0 Å². The molecular formula is C8H16N2O3S. The van der Waals surface area contributed by atoms with Gasteiger partial charge in [0, 0.05) is 26.0 Å². The largest absolute Gasteiger partial charge is 0.362 e. The van der Waals surface area contributed by atoms with Crippen LogP contribution in [0.4, 0.5) is 0 Å². The summed E-state index contributed by atoms with van der Waals surface area (Å²) >= 11 is 0. The van der Waals surface area contributed by atoms with Gasteiger partial charge in [0.05, 0.1) is 12.4 Å². The van der Waals surface area contributed by atoms with E-state index in [0.717, 1.165) is 19.6 Å². The number of hydrogen-bond acceptors (Lipinski definition) is 4. The van der Waals surface area contributed by atoms with Gasteiger partial charge in [0.25, 0.3) is 10.1 Å². The first-order valence-corrected chi connectivity index (χ1v) is 6.16. The molecule has 0 aromatic heterocycles. The Kier molecular flexibility index (Phi) is 3.77. The van der Waals surface area contributed by atoms with E-state index in [-0.39, 0.29) is 5.75 Å². The summed E-state index contributed by atoms with van der Waals surface area (Å²) in [4.78, 5) is 4.15. The van der Waals surface area contributed by atoms with Gasteiger partial charge in [-0.1, -0.05) is 0 Å². The minimum absolute atomic E-state index is 0.138. The zero-order valence-corrected chi connectivity index (χ0v) is 9.07. The molecule has 1 rings (SSSR count). The van der Waals surface area contributed by atoms with Gasteiger partial charge in [-0.3, -0.25) is 4.55 Å². The van der Waals surface area contributed by atoms with Gasteiger partial charge >= 0.3 is 0 Å². The van der Waals surface area contributed by atoms with Crippen LogP contribution in [-0.4, -0.2) is 48.8 Å². The molecule has 82 valence electrons. The Morgan fingerprint density at radius 3 is 2.57 bits per heavy atom. The summed E-state index contributed by atoms with van der Waals surface area (Å²) in [5.41, 5.74) is 0. The molecule has 0 amide bonds. The molecule has 0 unspecified atom stereocenters. The van der Waals surface area contributed by atoms with Crippen LogP contribution < -0.4 is 0 Å². The first-order chi connectivity index (χ1) is 6.47. The molecule has 0 saturated carbocycles. The van der Waals surface area contributed by atoms with Crippen molar-refractivity contribution in [3.8, 4) is 0 Å². The highest BCUT2D eigenvalue weighted by Gasteiger charge is 2.08. The lowest BCUT2D eigenvalue weighted by Crippen LogP contribution is -2.23. The summed E-state index contributed by atoms with van der Waals surface area (Å²) in [7, 11) is -1.80. The van der Waals surface area contributed by atoms with E-state index >= 15 is 0 Å². The van der Waals surface area contributed by atoms with Crippen LogP contribution in [0.3, 0.4) is 0 Å². The van der Waals surface area contributed by atoms with Gasteiger partial charge in [-0.15, -0.1) is 0 Å². The summed E-state index contributed by atoms with van der Waals surface area (Å²) in [6.07, 6.45) is 5.24. The van der Waals surface area contributed by atoms with E-state index in [4.69, 9.17) is 4.55 Å². The van der Waals surface area contributed by atoms with Crippen molar-refractivity contribution in [1.29, 1.82) is 0 Å². The monoisotopic (exact) mass is 220 g/mol. The Bertz CT molecular complexity index is 300. The average molecular weight is 220 g/mol. The number of rotatable bonds is 5. The van der Waals surface area contributed by atoms with E-state index in [0.29, 0.717) is 6.42 Å². The van der Waals surface area contributed by atoms with E-state index < -0.39 is 10.1 Å². The first kappa shape index (κ1) is 11.3. The molecule has 0 aromatic rings. The molecule has 0 spiro atoms. The highest BCUT2D eigenvalue weighted by atomic mass is 32.2. The number of hydrogen-bond donors (Lipinski definition) is 1. The van der Waals surface area contributed by atoms with Gasteiger partial charge in [0.2, 0.25) is 0 Å². The van der Waals surface area contributed by atoms with E-state index in [9.17, 15) is 8.42 Å². The molecule has 0 bridgehead atoms. The van der Waals surface area contributed by atoms with Crippen LogP contribution in [0.1, 0.15) is 12.8 Å². The van der Waals surface area contributed by atoms with E-state index in [1.807, 2.05) is 24.3 Å². The average Bonchev–Trinajstić information content (AvgIpc) is 2.44. The van der Waals surface area contributed by atoms with Crippen LogP contribution in [0.25, 0.3) is 0 Å². The Morgan fingerprint density at radius 2 is 2.07 bits per heavy atom.